The fraction of sp³-hybridized carbons (Fsp3) is 0.789. The van der Waals surface area contributed by atoms with E-state index in [0.29, 0.717) is 5.76 Å². The molecule has 1 aliphatic rings. The number of allylic oxidation sites excluding steroid dienone is 3. The van der Waals surface area contributed by atoms with Crippen molar-refractivity contribution in [2.24, 2.45) is 5.41 Å². The van der Waals surface area contributed by atoms with Gasteiger partial charge in [0.2, 0.25) is 8.32 Å². The summed E-state index contributed by atoms with van der Waals surface area (Å²) >= 11 is 0. The van der Waals surface area contributed by atoms with Crippen LogP contribution in [0.4, 0.5) is 0 Å². The highest BCUT2D eigenvalue weighted by molar-refractivity contribution is 7.48. The second-order valence-electron chi connectivity index (χ2n) is 8.85. The Kier molecular flexibility index (Phi) is 7.42. The van der Waals surface area contributed by atoms with E-state index in [1.165, 1.54) is 0 Å². The molecule has 0 spiro atoms. The molecule has 0 aliphatic heterocycles. The molecule has 0 amide bonds. The van der Waals surface area contributed by atoms with Gasteiger partial charge in [0, 0.05) is 11.0 Å². The highest BCUT2D eigenvalue weighted by Crippen LogP contribution is 2.56. The van der Waals surface area contributed by atoms with Gasteiger partial charge in [0.05, 0.1) is 13.2 Å². The molecule has 7 heteroatoms. The van der Waals surface area contributed by atoms with Gasteiger partial charge in [-0.3, -0.25) is 9.05 Å². The lowest BCUT2D eigenvalue weighted by molar-refractivity contribution is 0.122. The zero-order chi connectivity index (χ0) is 20.4. The maximum absolute atomic E-state index is 12.9. The molecule has 0 aromatic heterocycles. The van der Waals surface area contributed by atoms with Crippen LogP contribution < -0.4 is 0 Å². The predicted molar refractivity (Wildman–Crippen MR) is 109 cm³/mol. The Morgan fingerprint density at radius 3 is 2.08 bits per heavy atom. The molecule has 0 N–H and O–H groups in total. The van der Waals surface area contributed by atoms with E-state index < -0.39 is 16.1 Å². The van der Waals surface area contributed by atoms with Crippen molar-refractivity contribution in [1.29, 1.82) is 0 Å². The molecule has 152 valence electrons. The summed E-state index contributed by atoms with van der Waals surface area (Å²) in [6.07, 6.45) is 2.86. The zero-order valence-corrected chi connectivity index (χ0v) is 20.1. The first-order valence-corrected chi connectivity index (χ1v) is 13.8. The lowest BCUT2D eigenvalue weighted by atomic mass is 9.81. The molecule has 0 saturated heterocycles. The molecule has 0 saturated carbocycles. The minimum atomic E-state index is -3.64. The van der Waals surface area contributed by atoms with Crippen LogP contribution in [0.3, 0.4) is 0 Å². The Morgan fingerprint density at radius 2 is 1.65 bits per heavy atom. The van der Waals surface area contributed by atoms with Crippen molar-refractivity contribution in [2.45, 2.75) is 79.9 Å². The van der Waals surface area contributed by atoms with E-state index in [1.54, 1.807) is 13.8 Å². The van der Waals surface area contributed by atoms with Crippen molar-refractivity contribution >= 4 is 16.1 Å². The van der Waals surface area contributed by atoms with Crippen molar-refractivity contribution in [1.82, 2.24) is 0 Å². The standard InChI is InChI=1S/C19H37O5PSi/c1-11-21-25(20,22-12-2)23-17-15(3)16(13-14-19(17,7)8)24-26(9,10)18(4,5)6/h13H,11-12,14H2,1-10H3. The van der Waals surface area contributed by atoms with Crippen LogP contribution >= 0.6 is 7.82 Å². The van der Waals surface area contributed by atoms with Crippen molar-refractivity contribution in [2.75, 3.05) is 13.2 Å². The number of hydrogen-bond donors (Lipinski definition) is 0. The summed E-state index contributed by atoms with van der Waals surface area (Å²) in [7, 11) is -5.63. The number of rotatable bonds is 8. The quantitative estimate of drug-likeness (QED) is 0.329. The first-order chi connectivity index (χ1) is 11.7. The zero-order valence-electron chi connectivity index (χ0n) is 18.2. The van der Waals surface area contributed by atoms with E-state index in [2.05, 4.69) is 53.8 Å². The van der Waals surface area contributed by atoms with Crippen molar-refractivity contribution in [3.63, 3.8) is 0 Å². The second kappa shape index (κ2) is 8.22. The van der Waals surface area contributed by atoms with Crippen molar-refractivity contribution in [3.05, 3.63) is 23.2 Å². The molecule has 5 nitrogen and oxygen atoms in total. The SMILES string of the molecule is CCOP(=O)(OCC)OC1=C(C)C(O[Si](C)(C)C(C)(C)C)=CCC1(C)C. The summed E-state index contributed by atoms with van der Waals surface area (Å²) in [5.74, 6) is 1.45. The van der Waals surface area contributed by atoms with Crippen LogP contribution in [-0.2, 0) is 22.6 Å². The van der Waals surface area contributed by atoms with E-state index in [0.717, 1.165) is 17.8 Å². The maximum Gasteiger partial charge on any atom is 0.529 e. The smallest absolute Gasteiger partial charge is 0.529 e. The largest absolute Gasteiger partial charge is 0.543 e. The highest BCUT2D eigenvalue weighted by Gasteiger charge is 2.43. The van der Waals surface area contributed by atoms with Crippen LogP contribution in [0.25, 0.3) is 0 Å². The predicted octanol–water partition coefficient (Wildman–Crippen LogP) is 6.79. The topological polar surface area (TPSA) is 54.0 Å². The fourth-order valence-corrected chi connectivity index (χ4v) is 4.98. The average molecular weight is 405 g/mol. The summed E-state index contributed by atoms with van der Waals surface area (Å²) < 4.78 is 36.0. The van der Waals surface area contributed by atoms with Crippen molar-refractivity contribution in [3.8, 4) is 0 Å². The number of phosphoric ester groups is 1. The van der Waals surface area contributed by atoms with Crippen LogP contribution in [-0.4, -0.2) is 21.5 Å². The van der Waals surface area contributed by atoms with Gasteiger partial charge in [-0.25, -0.2) is 4.57 Å². The van der Waals surface area contributed by atoms with Gasteiger partial charge in [-0.2, -0.15) is 0 Å². The van der Waals surface area contributed by atoms with Crippen LogP contribution in [0.2, 0.25) is 18.1 Å². The van der Waals surface area contributed by atoms with Gasteiger partial charge in [0.15, 0.2) is 0 Å². The molecule has 1 rings (SSSR count). The molecule has 0 bridgehead atoms. The third-order valence-corrected chi connectivity index (χ3v) is 11.0. The van der Waals surface area contributed by atoms with Crippen LogP contribution in [0.15, 0.2) is 23.2 Å². The van der Waals surface area contributed by atoms with E-state index in [9.17, 15) is 4.57 Å². The first kappa shape index (κ1) is 23.5. The van der Waals surface area contributed by atoms with Gasteiger partial charge in [-0.1, -0.05) is 34.6 Å². The molecular formula is C19H37O5PSi. The van der Waals surface area contributed by atoms with Gasteiger partial charge in [0.1, 0.15) is 11.5 Å². The first-order valence-electron chi connectivity index (χ1n) is 9.38. The van der Waals surface area contributed by atoms with Gasteiger partial charge in [-0.05, 0) is 51.4 Å². The lowest BCUT2D eigenvalue weighted by Gasteiger charge is -2.40. The summed E-state index contributed by atoms with van der Waals surface area (Å²) in [6.45, 7) is 21.2. The minimum absolute atomic E-state index is 0.0913. The maximum atomic E-state index is 12.9. The Balaban J connectivity index is 3.25. The normalized spacial score (nSPS) is 18.6. The number of phosphoric acid groups is 1. The monoisotopic (exact) mass is 404 g/mol. The molecule has 0 heterocycles. The van der Waals surface area contributed by atoms with Crippen LogP contribution in [0, 0.1) is 5.41 Å². The molecule has 0 unspecified atom stereocenters. The third kappa shape index (κ3) is 5.48. The Labute approximate surface area is 160 Å². The van der Waals surface area contributed by atoms with E-state index >= 15 is 0 Å². The molecular weight excluding hydrogens is 367 g/mol. The molecule has 26 heavy (non-hydrogen) atoms. The molecule has 0 radical (unpaired) electrons. The molecule has 0 atom stereocenters. The Hall–Kier alpha value is -0.553. The van der Waals surface area contributed by atoms with Gasteiger partial charge < -0.3 is 8.95 Å². The summed E-state index contributed by atoms with van der Waals surface area (Å²) in [6, 6.07) is 0. The Morgan fingerprint density at radius 1 is 1.15 bits per heavy atom. The summed E-state index contributed by atoms with van der Waals surface area (Å²) in [5.41, 5.74) is 0.555. The van der Waals surface area contributed by atoms with Gasteiger partial charge in [-0.15, -0.1) is 0 Å². The highest BCUT2D eigenvalue weighted by atomic mass is 31.2. The number of hydrogen-bond acceptors (Lipinski definition) is 5. The van der Waals surface area contributed by atoms with E-state index in [-0.39, 0.29) is 23.7 Å². The molecule has 0 aromatic rings. The third-order valence-electron chi connectivity index (χ3n) is 5.07. The minimum Gasteiger partial charge on any atom is -0.543 e. The fourth-order valence-electron chi connectivity index (χ4n) is 2.47. The van der Waals surface area contributed by atoms with Gasteiger partial charge >= 0.3 is 7.82 Å². The van der Waals surface area contributed by atoms with Crippen molar-refractivity contribution < 1.29 is 22.6 Å². The van der Waals surface area contributed by atoms with Crippen LogP contribution in [0.5, 0.6) is 0 Å². The van der Waals surface area contributed by atoms with E-state index in [4.69, 9.17) is 18.0 Å². The summed E-state index contributed by atoms with van der Waals surface area (Å²) in [4.78, 5) is 0. The van der Waals surface area contributed by atoms with Crippen LogP contribution in [0.1, 0.15) is 61.8 Å². The van der Waals surface area contributed by atoms with Gasteiger partial charge in [0.25, 0.3) is 0 Å². The van der Waals surface area contributed by atoms with E-state index in [1.807, 2.05) is 6.92 Å². The molecule has 0 fully saturated rings. The molecule has 0 aromatic carbocycles. The summed E-state index contributed by atoms with van der Waals surface area (Å²) in [5, 5.41) is 0.0913. The average Bonchev–Trinajstić information content (AvgIpc) is 2.46. The lowest BCUT2D eigenvalue weighted by Crippen LogP contribution is -2.41. The Bertz CT molecular complexity index is 604. The molecule has 1 aliphatic carbocycles. The second-order valence-corrected chi connectivity index (χ2v) is 15.2.